The molecule has 2 aromatic rings. The summed E-state index contributed by atoms with van der Waals surface area (Å²) in [6.45, 7) is 0.778. The van der Waals surface area contributed by atoms with Crippen molar-refractivity contribution in [3.63, 3.8) is 0 Å². The third-order valence-electron chi connectivity index (χ3n) is 4.11. The Morgan fingerprint density at radius 3 is 2.57 bits per heavy atom. The van der Waals surface area contributed by atoms with Crippen molar-refractivity contribution in [3.05, 3.63) is 51.6 Å². The molecule has 1 amide bonds. The Kier molecular flexibility index (Phi) is 7.82. The second kappa shape index (κ2) is 10.3. The molecule has 10 nitrogen and oxygen atoms in total. The number of primary amides is 1. The molecule has 0 aliphatic rings. The quantitative estimate of drug-likeness (QED) is 0.472. The SMILES string of the molecule is CCOC(=O)CC(c1ccc(OC)c(OCC(N)=O)c1)c1oc(CO)cc(=O)c1O. The van der Waals surface area contributed by atoms with Crippen molar-refractivity contribution in [3.8, 4) is 17.2 Å². The van der Waals surface area contributed by atoms with E-state index in [2.05, 4.69) is 0 Å². The molecular formula is C20H23NO9. The molecule has 0 bridgehead atoms. The summed E-state index contributed by atoms with van der Waals surface area (Å²) in [4.78, 5) is 35.3. The van der Waals surface area contributed by atoms with Crippen LogP contribution in [0.25, 0.3) is 0 Å². The molecule has 2 rings (SSSR count). The lowest BCUT2D eigenvalue weighted by Gasteiger charge is -2.19. The number of nitrogens with two attached hydrogens (primary N) is 1. The summed E-state index contributed by atoms with van der Waals surface area (Å²) < 4.78 is 21.0. The zero-order valence-electron chi connectivity index (χ0n) is 16.5. The zero-order chi connectivity index (χ0) is 22.3. The van der Waals surface area contributed by atoms with Crippen LogP contribution in [0.1, 0.15) is 36.3 Å². The molecule has 1 aromatic carbocycles. The Hall–Kier alpha value is -3.53. The Bertz CT molecular complexity index is 967. The molecule has 1 atom stereocenters. The van der Waals surface area contributed by atoms with E-state index in [4.69, 9.17) is 24.4 Å². The molecule has 162 valence electrons. The Morgan fingerprint density at radius 1 is 1.23 bits per heavy atom. The number of aliphatic hydroxyl groups is 1. The highest BCUT2D eigenvalue weighted by molar-refractivity contribution is 5.75. The lowest BCUT2D eigenvalue weighted by Crippen LogP contribution is -2.20. The van der Waals surface area contributed by atoms with Crippen LogP contribution in [0.4, 0.5) is 0 Å². The van der Waals surface area contributed by atoms with Crippen LogP contribution in [0, 0.1) is 0 Å². The van der Waals surface area contributed by atoms with E-state index in [0.717, 1.165) is 6.07 Å². The van der Waals surface area contributed by atoms with Crippen LogP contribution in [-0.4, -0.2) is 42.4 Å². The highest BCUT2D eigenvalue weighted by Gasteiger charge is 2.27. The molecule has 1 aromatic heterocycles. The molecule has 1 unspecified atom stereocenters. The largest absolute Gasteiger partial charge is 0.502 e. The van der Waals surface area contributed by atoms with Crippen LogP contribution in [0.2, 0.25) is 0 Å². The van der Waals surface area contributed by atoms with Gasteiger partial charge in [-0.3, -0.25) is 14.4 Å². The molecule has 0 aliphatic carbocycles. The third kappa shape index (κ3) is 5.51. The van der Waals surface area contributed by atoms with Gasteiger partial charge in [-0.25, -0.2) is 0 Å². The van der Waals surface area contributed by atoms with Gasteiger partial charge in [-0.05, 0) is 24.6 Å². The van der Waals surface area contributed by atoms with E-state index in [1.165, 1.54) is 19.2 Å². The number of ether oxygens (including phenoxy) is 3. The van der Waals surface area contributed by atoms with Crippen molar-refractivity contribution in [2.45, 2.75) is 25.9 Å². The van der Waals surface area contributed by atoms with Gasteiger partial charge in [-0.1, -0.05) is 6.07 Å². The van der Waals surface area contributed by atoms with Crippen molar-refractivity contribution >= 4 is 11.9 Å². The molecule has 0 saturated heterocycles. The number of hydrogen-bond acceptors (Lipinski definition) is 9. The fourth-order valence-corrected chi connectivity index (χ4v) is 2.79. The molecule has 0 spiro atoms. The second-order valence-electron chi connectivity index (χ2n) is 6.17. The first kappa shape index (κ1) is 22.8. The summed E-state index contributed by atoms with van der Waals surface area (Å²) >= 11 is 0. The molecule has 10 heteroatoms. The number of esters is 1. The summed E-state index contributed by atoms with van der Waals surface area (Å²) in [5.74, 6) is -2.81. The highest BCUT2D eigenvalue weighted by Crippen LogP contribution is 2.37. The topological polar surface area (TPSA) is 159 Å². The van der Waals surface area contributed by atoms with Gasteiger partial charge < -0.3 is 34.6 Å². The van der Waals surface area contributed by atoms with E-state index in [9.17, 15) is 24.6 Å². The lowest BCUT2D eigenvalue weighted by atomic mass is 9.91. The monoisotopic (exact) mass is 421 g/mol. The minimum atomic E-state index is -0.954. The minimum absolute atomic E-state index is 0.0830. The maximum absolute atomic E-state index is 12.2. The smallest absolute Gasteiger partial charge is 0.306 e. The number of benzene rings is 1. The first-order chi connectivity index (χ1) is 14.3. The lowest BCUT2D eigenvalue weighted by molar-refractivity contribution is -0.143. The number of hydrogen-bond donors (Lipinski definition) is 3. The maximum Gasteiger partial charge on any atom is 0.306 e. The van der Waals surface area contributed by atoms with Crippen LogP contribution < -0.4 is 20.6 Å². The van der Waals surface area contributed by atoms with Crippen molar-refractivity contribution in [1.82, 2.24) is 0 Å². The minimum Gasteiger partial charge on any atom is -0.502 e. The Labute approximate surface area is 171 Å². The molecule has 0 radical (unpaired) electrons. The van der Waals surface area contributed by atoms with E-state index in [0.29, 0.717) is 11.3 Å². The normalized spacial score (nSPS) is 11.6. The van der Waals surface area contributed by atoms with Gasteiger partial charge in [0.1, 0.15) is 12.4 Å². The predicted molar refractivity (Wildman–Crippen MR) is 103 cm³/mol. The van der Waals surface area contributed by atoms with E-state index in [1.54, 1.807) is 13.0 Å². The van der Waals surface area contributed by atoms with Crippen molar-refractivity contribution in [2.24, 2.45) is 5.73 Å². The van der Waals surface area contributed by atoms with Crippen LogP contribution in [0.5, 0.6) is 17.2 Å². The average Bonchev–Trinajstić information content (AvgIpc) is 2.72. The van der Waals surface area contributed by atoms with Gasteiger partial charge in [-0.2, -0.15) is 0 Å². The summed E-state index contributed by atoms with van der Waals surface area (Å²) in [7, 11) is 1.40. The van der Waals surface area contributed by atoms with Crippen molar-refractivity contribution < 1.29 is 38.4 Å². The number of aliphatic hydroxyl groups excluding tert-OH is 1. The third-order valence-corrected chi connectivity index (χ3v) is 4.11. The first-order valence-electron chi connectivity index (χ1n) is 9.02. The van der Waals surface area contributed by atoms with Crippen LogP contribution in [0.3, 0.4) is 0 Å². The Morgan fingerprint density at radius 2 is 1.97 bits per heavy atom. The predicted octanol–water partition coefficient (Wildman–Crippen LogP) is 0.795. The van der Waals surface area contributed by atoms with E-state index in [-0.39, 0.29) is 30.3 Å². The summed E-state index contributed by atoms with van der Waals surface area (Å²) in [6, 6.07) is 5.52. The molecule has 0 fully saturated rings. The number of carbonyl (C=O) groups excluding carboxylic acids is 2. The highest BCUT2D eigenvalue weighted by atomic mass is 16.5. The van der Waals surface area contributed by atoms with Gasteiger partial charge in [-0.15, -0.1) is 0 Å². The summed E-state index contributed by atoms with van der Waals surface area (Å²) in [5.41, 5.74) is 4.75. The zero-order valence-corrected chi connectivity index (χ0v) is 16.5. The molecule has 0 saturated carbocycles. The van der Waals surface area contributed by atoms with Crippen molar-refractivity contribution in [1.29, 1.82) is 0 Å². The number of rotatable bonds is 10. The maximum atomic E-state index is 12.2. The van der Waals surface area contributed by atoms with Gasteiger partial charge in [0.25, 0.3) is 5.91 Å². The summed E-state index contributed by atoms with van der Waals surface area (Å²) in [5, 5.41) is 19.6. The van der Waals surface area contributed by atoms with Gasteiger partial charge in [0.15, 0.2) is 23.9 Å². The van der Waals surface area contributed by atoms with Gasteiger partial charge in [0.2, 0.25) is 11.2 Å². The fourth-order valence-electron chi connectivity index (χ4n) is 2.79. The van der Waals surface area contributed by atoms with Crippen molar-refractivity contribution in [2.75, 3.05) is 20.3 Å². The van der Waals surface area contributed by atoms with Gasteiger partial charge >= 0.3 is 5.97 Å². The number of amides is 1. The first-order valence-corrected chi connectivity index (χ1v) is 9.02. The second-order valence-corrected chi connectivity index (χ2v) is 6.17. The average molecular weight is 421 g/mol. The molecule has 0 aliphatic heterocycles. The van der Waals surface area contributed by atoms with Gasteiger partial charge in [0.05, 0.1) is 26.1 Å². The number of methoxy groups -OCH3 is 1. The van der Waals surface area contributed by atoms with Crippen LogP contribution >= 0.6 is 0 Å². The van der Waals surface area contributed by atoms with Crippen LogP contribution in [0.15, 0.2) is 33.5 Å². The Balaban J connectivity index is 2.59. The van der Waals surface area contributed by atoms with E-state index in [1.807, 2.05) is 0 Å². The molecule has 30 heavy (non-hydrogen) atoms. The number of aromatic hydroxyl groups is 1. The van der Waals surface area contributed by atoms with E-state index < -0.39 is 42.2 Å². The summed E-state index contributed by atoms with van der Waals surface area (Å²) in [6.07, 6.45) is -0.277. The van der Waals surface area contributed by atoms with E-state index >= 15 is 0 Å². The molecule has 4 N–H and O–H groups in total. The molecular weight excluding hydrogens is 398 g/mol. The van der Waals surface area contributed by atoms with Gasteiger partial charge in [0, 0.05) is 6.07 Å². The standard InChI is InChI=1S/C20H23NO9/c1-3-28-18(25)8-13(20-19(26)14(23)7-12(9-22)30-20)11-4-5-15(27-2)16(6-11)29-10-17(21)24/h4-7,13,22,26H,3,8-10H2,1-2H3,(H2,21,24). The number of carbonyl (C=O) groups is 2. The van der Waals surface area contributed by atoms with Crippen LogP contribution in [-0.2, 0) is 20.9 Å². The molecule has 1 heterocycles. The fraction of sp³-hybridized carbons (Fsp3) is 0.350.